The number of ether oxygens (including phenoxy) is 1. The standard InChI is InChI=1S/C25H30BN5O3S/c1-19(2)17-34-24-23(16-27-31(25(24)32)22-9-4-3-5-10-22)29-11-13-30(14-12-29)35(33)18-20-7-6-8-21(15-20)28-26/h3-10,15-16,19,26H,11-14,17-18H2,1-2H3. The molecule has 1 aliphatic heterocycles. The first-order chi connectivity index (χ1) is 17.0. The van der Waals surface area contributed by atoms with Crippen LogP contribution in [0.25, 0.3) is 5.69 Å². The molecule has 0 aliphatic carbocycles. The molecule has 1 aromatic heterocycles. The summed E-state index contributed by atoms with van der Waals surface area (Å²) in [7, 11) is 3.56. The van der Waals surface area contributed by atoms with E-state index in [2.05, 4.69) is 22.5 Å². The van der Waals surface area contributed by atoms with E-state index in [1.54, 1.807) is 6.20 Å². The number of anilines is 1. The minimum atomic E-state index is -1.16. The van der Waals surface area contributed by atoms with Crippen LogP contribution in [0.4, 0.5) is 11.4 Å². The Morgan fingerprint density at radius 1 is 1.11 bits per heavy atom. The van der Waals surface area contributed by atoms with E-state index in [0.717, 1.165) is 11.3 Å². The second kappa shape index (κ2) is 11.7. The number of nitrogens with zero attached hydrogens (tertiary/aromatic N) is 5. The van der Waals surface area contributed by atoms with Crippen molar-refractivity contribution in [2.75, 3.05) is 37.7 Å². The second-order valence-electron chi connectivity index (χ2n) is 8.83. The van der Waals surface area contributed by atoms with Gasteiger partial charge in [-0.25, -0.2) is 0 Å². The quantitative estimate of drug-likeness (QED) is 0.338. The normalized spacial score (nSPS) is 15.2. The van der Waals surface area contributed by atoms with Crippen LogP contribution in [0.2, 0.25) is 0 Å². The molecular weight excluding hydrogens is 461 g/mol. The van der Waals surface area contributed by atoms with E-state index in [1.807, 2.05) is 72.7 Å². The molecule has 0 bridgehead atoms. The maximum absolute atomic E-state index is 13.4. The van der Waals surface area contributed by atoms with E-state index in [1.165, 1.54) is 4.68 Å². The monoisotopic (exact) mass is 491 g/mol. The molecule has 2 aromatic carbocycles. The zero-order chi connectivity index (χ0) is 24.8. The topological polar surface area (TPSA) is 86.0 Å². The third kappa shape index (κ3) is 6.19. The third-order valence-electron chi connectivity index (χ3n) is 5.73. The van der Waals surface area contributed by atoms with Gasteiger partial charge in [-0.1, -0.05) is 32.0 Å². The summed E-state index contributed by atoms with van der Waals surface area (Å²) < 4.78 is 22.4. The van der Waals surface area contributed by atoms with Gasteiger partial charge in [0.1, 0.15) is 0 Å². The van der Waals surface area contributed by atoms with Crippen LogP contribution in [0.1, 0.15) is 19.4 Å². The van der Waals surface area contributed by atoms with E-state index >= 15 is 0 Å². The van der Waals surface area contributed by atoms with Gasteiger partial charge in [0.05, 0.1) is 12.3 Å². The Kier molecular flexibility index (Phi) is 8.38. The van der Waals surface area contributed by atoms with Crippen LogP contribution in [0.3, 0.4) is 0 Å². The van der Waals surface area contributed by atoms with E-state index in [9.17, 15) is 9.35 Å². The number of hydrogen-bond acceptors (Lipinski definition) is 7. The Hall–Kier alpha value is -2.95. The second-order valence-corrected chi connectivity index (χ2v) is 10.3. The summed E-state index contributed by atoms with van der Waals surface area (Å²) in [6, 6.07) is 17.0. The summed E-state index contributed by atoms with van der Waals surface area (Å²) >= 11 is -1.16. The van der Waals surface area contributed by atoms with Crippen LogP contribution >= 0.6 is 0 Å². The summed E-state index contributed by atoms with van der Waals surface area (Å²) in [4.78, 5) is 19.4. The van der Waals surface area contributed by atoms with E-state index in [-0.39, 0.29) is 11.5 Å². The van der Waals surface area contributed by atoms with Gasteiger partial charge in [-0.3, -0.25) is 4.79 Å². The molecule has 1 fully saturated rings. The van der Waals surface area contributed by atoms with Crippen molar-refractivity contribution < 1.29 is 9.29 Å². The molecule has 182 valence electrons. The maximum atomic E-state index is 13.4. The van der Waals surface area contributed by atoms with Crippen molar-refractivity contribution in [1.29, 1.82) is 0 Å². The molecule has 2 heterocycles. The van der Waals surface area contributed by atoms with Crippen molar-refractivity contribution in [3.63, 3.8) is 0 Å². The van der Waals surface area contributed by atoms with E-state index in [4.69, 9.17) is 4.74 Å². The van der Waals surface area contributed by atoms with Gasteiger partial charge in [-0.05, 0) is 18.1 Å². The van der Waals surface area contributed by atoms with Gasteiger partial charge >= 0.3 is 128 Å². The third-order valence-corrected chi connectivity index (χ3v) is 7.25. The van der Waals surface area contributed by atoms with Gasteiger partial charge in [0.2, 0.25) is 0 Å². The molecule has 10 heteroatoms. The molecule has 3 aromatic rings. The molecule has 4 rings (SSSR count). The summed E-state index contributed by atoms with van der Waals surface area (Å²) in [6.45, 7) is 6.98. The zero-order valence-electron chi connectivity index (χ0n) is 20.2. The average Bonchev–Trinajstić information content (AvgIpc) is 2.88. The van der Waals surface area contributed by atoms with Crippen LogP contribution in [-0.2, 0) is 17.1 Å². The zero-order valence-corrected chi connectivity index (χ0v) is 21.0. The summed E-state index contributed by atoms with van der Waals surface area (Å²) in [6.07, 6.45) is 1.70. The Balaban J connectivity index is 1.49. The fourth-order valence-electron chi connectivity index (χ4n) is 3.90. The van der Waals surface area contributed by atoms with Crippen molar-refractivity contribution in [3.8, 4) is 11.4 Å². The minimum absolute atomic E-state index is 0.273. The molecule has 0 spiro atoms. The molecule has 0 saturated carbocycles. The van der Waals surface area contributed by atoms with Crippen LogP contribution in [0.15, 0.2) is 70.5 Å². The molecule has 0 radical (unpaired) electrons. The van der Waals surface area contributed by atoms with Gasteiger partial charge < -0.3 is 4.74 Å². The number of rotatable bonds is 9. The number of hydrogen-bond donors (Lipinski definition) is 0. The SMILES string of the molecule is B=Nc1cccc(C[S+]([O-])N2CCN(c3cnn(-c4ccccc4)c(=O)c3OCC(C)C)CC2)c1. The molecule has 1 aliphatic rings. The van der Waals surface area contributed by atoms with Crippen molar-refractivity contribution in [2.45, 2.75) is 19.6 Å². The van der Waals surface area contributed by atoms with Crippen LogP contribution < -0.4 is 15.2 Å². The van der Waals surface area contributed by atoms with Gasteiger partial charge in [0.25, 0.3) is 0 Å². The van der Waals surface area contributed by atoms with Crippen molar-refractivity contribution >= 4 is 30.4 Å². The Morgan fingerprint density at radius 3 is 2.54 bits per heavy atom. The van der Waals surface area contributed by atoms with E-state index in [0.29, 0.717) is 55.7 Å². The Bertz CT molecular complexity index is 1200. The molecule has 1 saturated heterocycles. The van der Waals surface area contributed by atoms with Crippen molar-refractivity contribution in [1.82, 2.24) is 14.1 Å². The number of para-hydroxylation sites is 1. The Labute approximate surface area is 210 Å². The van der Waals surface area contributed by atoms with Crippen LogP contribution in [-0.4, -0.2) is 59.1 Å². The van der Waals surface area contributed by atoms with E-state index < -0.39 is 11.4 Å². The van der Waals surface area contributed by atoms with Gasteiger partial charge in [-0.2, -0.15) is 9.78 Å². The molecule has 35 heavy (non-hydrogen) atoms. The molecule has 1 unspecified atom stereocenters. The molecule has 0 N–H and O–H groups in total. The van der Waals surface area contributed by atoms with Crippen LogP contribution in [0.5, 0.6) is 5.75 Å². The first-order valence-corrected chi connectivity index (χ1v) is 13.0. The van der Waals surface area contributed by atoms with Gasteiger partial charge in [0, 0.05) is 0 Å². The summed E-state index contributed by atoms with van der Waals surface area (Å²) in [5.74, 6) is 1.01. The predicted octanol–water partition coefficient (Wildman–Crippen LogP) is 2.97. The van der Waals surface area contributed by atoms with Crippen LogP contribution in [0, 0.1) is 5.92 Å². The number of benzene rings is 2. The van der Waals surface area contributed by atoms with Crippen molar-refractivity contribution in [3.05, 3.63) is 76.7 Å². The summed E-state index contributed by atoms with van der Waals surface area (Å²) in [5, 5.41) is 4.43. The molecular formula is C25H30BN5O3S. The number of aromatic nitrogens is 2. The number of piperazine rings is 1. The Morgan fingerprint density at radius 2 is 1.86 bits per heavy atom. The van der Waals surface area contributed by atoms with Gasteiger partial charge in [0.15, 0.2) is 0 Å². The first-order valence-electron chi connectivity index (χ1n) is 11.7. The molecule has 0 amide bonds. The average molecular weight is 491 g/mol. The fourth-order valence-corrected chi connectivity index (χ4v) is 5.12. The fraction of sp³-hybridized carbons (Fsp3) is 0.360. The predicted molar refractivity (Wildman–Crippen MR) is 141 cm³/mol. The van der Waals surface area contributed by atoms with Gasteiger partial charge in [-0.15, -0.1) is 0 Å². The molecule has 8 nitrogen and oxygen atoms in total. The van der Waals surface area contributed by atoms with Crippen molar-refractivity contribution in [2.24, 2.45) is 10.8 Å². The molecule has 1 atom stereocenters. The first kappa shape index (κ1) is 25.2. The summed E-state index contributed by atoms with van der Waals surface area (Å²) in [5.41, 5.74) is 2.83.